The van der Waals surface area contributed by atoms with Crippen molar-refractivity contribution in [3.63, 3.8) is 0 Å². The fourth-order valence-corrected chi connectivity index (χ4v) is 3.91. The average molecular weight is 413 g/mol. The Morgan fingerprint density at radius 1 is 1.14 bits per heavy atom. The zero-order valence-corrected chi connectivity index (χ0v) is 16.4. The average Bonchev–Trinajstić information content (AvgIpc) is 2.95. The van der Waals surface area contributed by atoms with Gasteiger partial charge in [0.05, 0.1) is 29.7 Å². The Bertz CT molecular complexity index is 981. The van der Waals surface area contributed by atoms with E-state index in [0.29, 0.717) is 26.0 Å². The van der Waals surface area contributed by atoms with Crippen molar-refractivity contribution >= 4 is 57.9 Å². The van der Waals surface area contributed by atoms with Gasteiger partial charge in [0.15, 0.2) is 4.32 Å². The fourth-order valence-electron chi connectivity index (χ4n) is 2.61. The molecule has 1 heterocycles. The van der Waals surface area contributed by atoms with Crippen LogP contribution in [0.3, 0.4) is 0 Å². The molecule has 2 aromatic carbocycles. The standard InChI is InChI=1S/C20H15NO5S2/c1-26-19(25)14-6-2-12(3-7-14)10-16-18(24)21(20(27)28-16)15-8-4-13(5-9-15)11-17(22)23/h2-10H,11H2,1H3,(H,22,23)/b16-10-. The number of nitrogens with zero attached hydrogens (tertiary/aromatic N) is 1. The molecule has 28 heavy (non-hydrogen) atoms. The first-order valence-corrected chi connectivity index (χ1v) is 9.38. The van der Waals surface area contributed by atoms with Gasteiger partial charge in [-0.25, -0.2) is 4.79 Å². The third kappa shape index (κ3) is 4.29. The van der Waals surface area contributed by atoms with E-state index in [1.807, 2.05) is 0 Å². The highest BCUT2D eigenvalue weighted by molar-refractivity contribution is 8.27. The van der Waals surface area contributed by atoms with Crippen molar-refractivity contribution in [1.82, 2.24) is 0 Å². The van der Waals surface area contributed by atoms with Crippen LogP contribution in [0, 0.1) is 0 Å². The molecule has 1 saturated heterocycles. The molecule has 8 heteroatoms. The second-order valence-electron chi connectivity index (χ2n) is 5.87. The van der Waals surface area contributed by atoms with Crippen molar-refractivity contribution in [2.75, 3.05) is 12.0 Å². The Kier molecular flexibility index (Phi) is 5.91. The maximum Gasteiger partial charge on any atom is 0.337 e. The quantitative estimate of drug-likeness (QED) is 0.456. The minimum Gasteiger partial charge on any atom is -0.481 e. The molecule has 1 aliphatic rings. The molecule has 0 spiro atoms. The SMILES string of the molecule is COC(=O)c1ccc(/C=C2\SC(=S)N(c3ccc(CC(=O)O)cc3)C2=O)cc1. The summed E-state index contributed by atoms with van der Waals surface area (Å²) in [4.78, 5) is 36.9. The van der Waals surface area contributed by atoms with Gasteiger partial charge in [0.2, 0.25) is 0 Å². The topological polar surface area (TPSA) is 83.9 Å². The van der Waals surface area contributed by atoms with Crippen molar-refractivity contribution in [2.24, 2.45) is 0 Å². The van der Waals surface area contributed by atoms with Gasteiger partial charge in [0, 0.05) is 0 Å². The van der Waals surface area contributed by atoms with Gasteiger partial charge in [0.1, 0.15) is 0 Å². The summed E-state index contributed by atoms with van der Waals surface area (Å²) >= 11 is 6.52. The largest absolute Gasteiger partial charge is 0.481 e. The van der Waals surface area contributed by atoms with E-state index in [1.165, 1.54) is 23.8 Å². The van der Waals surface area contributed by atoms with Crippen LogP contribution >= 0.6 is 24.0 Å². The lowest BCUT2D eigenvalue weighted by atomic mass is 10.1. The van der Waals surface area contributed by atoms with Crippen molar-refractivity contribution in [3.8, 4) is 0 Å². The highest BCUT2D eigenvalue weighted by Crippen LogP contribution is 2.36. The Hall–Kier alpha value is -2.97. The van der Waals surface area contributed by atoms with Gasteiger partial charge in [-0.3, -0.25) is 14.5 Å². The number of benzene rings is 2. The summed E-state index contributed by atoms with van der Waals surface area (Å²) < 4.78 is 5.06. The molecule has 142 valence electrons. The zero-order valence-electron chi connectivity index (χ0n) is 14.7. The van der Waals surface area contributed by atoms with Crippen LogP contribution in [0.5, 0.6) is 0 Å². The summed E-state index contributed by atoms with van der Waals surface area (Å²) in [7, 11) is 1.32. The molecule has 2 aromatic rings. The van der Waals surface area contributed by atoms with E-state index in [4.69, 9.17) is 17.3 Å². The first-order chi connectivity index (χ1) is 13.4. The fraction of sp³-hybridized carbons (Fsp3) is 0.100. The van der Waals surface area contributed by atoms with E-state index >= 15 is 0 Å². The summed E-state index contributed by atoms with van der Waals surface area (Å²) in [5.41, 5.74) is 2.41. The maximum atomic E-state index is 12.8. The van der Waals surface area contributed by atoms with Crippen LogP contribution in [0.4, 0.5) is 5.69 Å². The van der Waals surface area contributed by atoms with Gasteiger partial charge >= 0.3 is 11.9 Å². The second kappa shape index (κ2) is 8.37. The van der Waals surface area contributed by atoms with Crippen molar-refractivity contribution < 1.29 is 24.2 Å². The van der Waals surface area contributed by atoms with Gasteiger partial charge in [-0.05, 0) is 41.5 Å². The van der Waals surface area contributed by atoms with Crippen LogP contribution < -0.4 is 4.90 Å². The minimum atomic E-state index is -0.917. The number of hydrogen-bond acceptors (Lipinski definition) is 6. The number of thioether (sulfide) groups is 1. The van der Waals surface area contributed by atoms with Gasteiger partial charge in [-0.1, -0.05) is 48.2 Å². The van der Waals surface area contributed by atoms with E-state index in [2.05, 4.69) is 4.74 Å². The molecular formula is C20H15NO5S2. The molecule has 0 aromatic heterocycles. The van der Waals surface area contributed by atoms with E-state index in [0.717, 1.165) is 5.56 Å². The highest BCUT2D eigenvalue weighted by atomic mass is 32.2. The molecule has 1 N–H and O–H groups in total. The second-order valence-corrected chi connectivity index (χ2v) is 7.54. The molecule has 0 atom stereocenters. The number of ether oxygens (including phenoxy) is 1. The summed E-state index contributed by atoms with van der Waals surface area (Å²) in [6, 6.07) is 13.4. The molecule has 0 radical (unpaired) electrons. The zero-order chi connectivity index (χ0) is 20.3. The normalized spacial score (nSPS) is 15.2. The van der Waals surface area contributed by atoms with E-state index < -0.39 is 11.9 Å². The third-order valence-corrected chi connectivity index (χ3v) is 5.28. The van der Waals surface area contributed by atoms with E-state index in [1.54, 1.807) is 54.6 Å². The Balaban J connectivity index is 1.80. The number of amides is 1. The van der Waals surface area contributed by atoms with Gasteiger partial charge < -0.3 is 9.84 Å². The molecular weight excluding hydrogens is 398 g/mol. The maximum absolute atomic E-state index is 12.8. The highest BCUT2D eigenvalue weighted by Gasteiger charge is 2.33. The number of hydrogen-bond donors (Lipinski definition) is 1. The molecule has 0 unspecified atom stereocenters. The summed E-state index contributed by atoms with van der Waals surface area (Å²) in [6.45, 7) is 0. The Morgan fingerprint density at radius 2 is 1.79 bits per heavy atom. The number of carbonyl (C=O) groups excluding carboxylic acids is 2. The number of carboxylic acids is 1. The molecule has 0 aliphatic carbocycles. The van der Waals surface area contributed by atoms with Crippen LogP contribution in [-0.4, -0.2) is 34.4 Å². The van der Waals surface area contributed by atoms with Crippen molar-refractivity contribution in [2.45, 2.75) is 6.42 Å². The number of methoxy groups -OCH3 is 1. The van der Waals surface area contributed by atoms with Gasteiger partial charge in [0.25, 0.3) is 5.91 Å². The number of aliphatic carboxylic acids is 1. The first kappa shape index (κ1) is 19.8. The number of anilines is 1. The molecule has 1 fully saturated rings. The van der Waals surface area contributed by atoms with E-state index in [9.17, 15) is 14.4 Å². The molecule has 1 aliphatic heterocycles. The third-order valence-electron chi connectivity index (χ3n) is 3.97. The van der Waals surface area contributed by atoms with Crippen LogP contribution in [0.25, 0.3) is 6.08 Å². The van der Waals surface area contributed by atoms with Crippen LogP contribution in [-0.2, 0) is 20.7 Å². The lowest BCUT2D eigenvalue weighted by Gasteiger charge is -2.14. The smallest absolute Gasteiger partial charge is 0.337 e. The number of thiocarbonyl (C=S) groups is 1. The Morgan fingerprint density at radius 3 is 2.36 bits per heavy atom. The van der Waals surface area contributed by atoms with Gasteiger partial charge in [-0.15, -0.1) is 0 Å². The molecule has 6 nitrogen and oxygen atoms in total. The monoisotopic (exact) mass is 413 g/mol. The summed E-state index contributed by atoms with van der Waals surface area (Å²) in [6.07, 6.45) is 1.62. The number of carboxylic acid groups (broad SMARTS) is 1. The Labute approximate surface area is 170 Å². The van der Waals surface area contributed by atoms with Crippen LogP contribution in [0.2, 0.25) is 0 Å². The summed E-state index contributed by atoms with van der Waals surface area (Å²) in [5, 5.41) is 8.85. The van der Waals surface area contributed by atoms with Crippen LogP contribution in [0.1, 0.15) is 21.5 Å². The van der Waals surface area contributed by atoms with Crippen molar-refractivity contribution in [3.05, 3.63) is 70.1 Å². The molecule has 0 bridgehead atoms. The summed E-state index contributed by atoms with van der Waals surface area (Å²) in [5.74, 6) is -1.60. The minimum absolute atomic E-state index is 0.0832. The van der Waals surface area contributed by atoms with E-state index in [-0.39, 0.29) is 12.3 Å². The molecule has 3 rings (SSSR count). The first-order valence-electron chi connectivity index (χ1n) is 8.16. The lowest BCUT2D eigenvalue weighted by molar-refractivity contribution is -0.136. The van der Waals surface area contributed by atoms with Crippen LogP contribution in [0.15, 0.2) is 53.4 Å². The number of carbonyl (C=O) groups is 3. The van der Waals surface area contributed by atoms with Gasteiger partial charge in [-0.2, -0.15) is 0 Å². The number of rotatable bonds is 5. The van der Waals surface area contributed by atoms with Crippen molar-refractivity contribution in [1.29, 1.82) is 0 Å². The predicted octanol–water partition coefficient (Wildman–Crippen LogP) is 3.51. The number of esters is 1. The molecule has 0 saturated carbocycles. The predicted molar refractivity (Wildman–Crippen MR) is 111 cm³/mol. The lowest BCUT2D eigenvalue weighted by Crippen LogP contribution is -2.27. The molecule has 1 amide bonds.